The topological polar surface area (TPSA) is 102 Å². The number of aliphatic hydroxyl groups is 4. The lowest BCUT2D eigenvalue weighted by Crippen LogP contribution is -2.57. The van der Waals surface area contributed by atoms with E-state index in [9.17, 15) is 15.3 Å². The molecule has 2 rings (SSSR count). The van der Waals surface area contributed by atoms with Gasteiger partial charge in [0.25, 0.3) is 0 Å². The lowest BCUT2D eigenvalue weighted by Gasteiger charge is -2.39. The normalized spacial score (nSPS) is 34.0. The Balaban J connectivity index is 2.06. The molecule has 5 atom stereocenters. The fraction of sp³-hybridized carbons (Fsp3) is 0.538. The van der Waals surface area contributed by atoms with E-state index in [1.165, 1.54) is 11.8 Å². The van der Waals surface area contributed by atoms with Crippen molar-refractivity contribution in [3.8, 4) is 0 Å². The zero-order valence-corrected chi connectivity index (χ0v) is 11.8. The highest BCUT2D eigenvalue weighted by Gasteiger charge is 2.43. The van der Waals surface area contributed by atoms with Crippen molar-refractivity contribution in [3.05, 3.63) is 24.3 Å². The largest absolute Gasteiger partial charge is 0.394 e. The molecule has 1 aliphatic heterocycles. The van der Waals surface area contributed by atoms with Crippen LogP contribution in [0.4, 0.5) is 5.69 Å². The number of hydrogen-bond acceptors (Lipinski definition) is 7. The minimum atomic E-state index is -1.34. The molecule has 1 aromatic carbocycles. The maximum absolute atomic E-state index is 9.93. The number of ether oxygens (including phenoxy) is 1. The zero-order valence-electron chi connectivity index (χ0n) is 11.0. The van der Waals surface area contributed by atoms with Crippen LogP contribution in [0.1, 0.15) is 0 Å². The highest BCUT2D eigenvalue weighted by Crippen LogP contribution is 2.33. The Hall–Kier alpha value is -0.830. The molecule has 1 heterocycles. The first-order valence-corrected chi connectivity index (χ1v) is 7.19. The third-order valence-electron chi connectivity index (χ3n) is 3.24. The number of rotatable bonds is 4. The summed E-state index contributed by atoms with van der Waals surface area (Å²) in [6.07, 6.45) is -4.75. The summed E-state index contributed by atoms with van der Waals surface area (Å²) < 4.78 is 5.43. The van der Waals surface area contributed by atoms with Crippen molar-refractivity contribution in [2.75, 3.05) is 19.0 Å². The summed E-state index contributed by atoms with van der Waals surface area (Å²) in [6.45, 7) is -0.416. The summed E-state index contributed by atoms with van der Waals surface area (Å²) in [6, 6.07) is 7.48. The maximum atomic E-state index is 9.93. The van der Waals surface area contributed by atoms with Gasteiger partial charge in [-0.15, -0.1) is 0 Å². The van der Waals surface area contributed by atoms with Crippen molar-refractivity contribution in [2.24, 2.45) is 0 Å². The summed E-state index contributed by atoms with van der Waals surface area (Å²) in [7, 11) is 1.82. The van der Waals surface area contributed by atoms with Gasteiger partial charge in [-0.25, -0.2) is 0 Å². The quantitative estimate of drug-likeness (QED) is 0.517. The number of hydrogen-bond donors (Lipinski definition) is 5. The van der Waals surface area contributed by atoms with Gasteiger partial charge >= 0.3 is 0 Å². The molecule has 1 aromatic rings. The van der Waals surface area contributed by atoms with Crippen LogP contribution < -0.4 is 5.32 Å². The second-order valence-corrected chi connectivity index (χ2v) is 5.76. The van der Waals surface area contributed by atoms with Gasteiger partial charge in [0.2, 0.25) is 0 Å². The van der Waals surface area contributed by atoms with E-state index in [4.69, 9.17) is 9.84 Å². The Bertz CT molecular complexity index is 427. The van der Waals surface area contributed by atoms with Gasteiger partial charge in [0.05, 0.1) is 6.61 Å². The van der Waals surface area contributed by atoms with Gasteiger partial charge in [-0.05, 0) is 24.3 Å². The molecule has 0 amide bonds. The Morgan fingerprint density at radius 1 is 1.10 bits per heavy atom. The molecule has 0 spiro atoms. The smallest absolute Gasteiger partial charge is 0.136 e. The molecule has 0 aromatic heterocycles. The third-order valence-corrected chi connectivity index (χ3v) is 4.41. The summed E-state index contributed by atoms with van der Waals surface area (Å²) in [5, 5.41) is 41.5. The molecule has 6 nitrogen and oxygen atoms in total. The van der Waals surface area contributed by atoms with E-state index in [2.05, 4.69) is 5.32 Å². The molecule has 0 saturated carbocycles. The summed E-state index contributed by atoms with van der Waals surface area (Å²) >= 11 is 1.23. The van der Waals surface area contributed by atoms with Gasteiger partial charge in [0, 0.05) is 17.6 Å². The molecule has 1 saturated heterocycles. The fourth-order valence-corrected chi connectivity index (χ4v) is 3.06. The van der Waals surface area contributed by atoms with Crippen LogP contribution >= 0.6 is 11.8 Å². The Morgan fingerprint density at radius 3 is 2.30 bits per heavy atom. The highest BCUT2D eigenvalue weighted by atomic mass is 32.2. The number of benzene rings is 1. The molecule has 0 bridgehead atoms. The number of thioether (sulfide) groups is 1. The van der Waals surface area contributed by atoms with E-state index in [1.54, 1.807) is 0 Å². The first-order chi connectivity index (χ1) is 9.56. The molecule has 5 unspecified atom stereocenters. The van der Waals surface area contributed by atoms with Crippen LogP contribution in [-0.2, 0) is 4.74 Å². The van der Waals surface area contributed by atoms with E-state index < -0.39 is 36.5 Å². The number of nitrogens with one attached hydrogen (secondary N) is 1. The van der Waals surface area contributed by atoms with E-state index in [1.807, 2.05) is 31.3 Å². The minimum absolute atomic E-state index is 0.416. The van der Waals surface area contributed by atoms with Gasteiger partial charge in [0.15, 0.2) is 0 Å². The molecule has 5 N–H and O–H groups in total. The SMILES string of the molecule is CNc1ccc(SC2OC(CO)C(O)C(O)C2O)cc1. The van der Waals surface area contributed by atoms with E-state index in [0.29, 0.717) is 0 Å². The monoisotopic (exact) mass is 301 g/mol. The summed E-state index contributed by atoms with van der Waals surface area (Å²) in [5.41, 5.74) is 0.217. The third kappa shape index (κ3) is 3.25. The van der Waals surface area contributed by atoms with Crippen LogP contribution in [-0.4, -0.2) is 63.9 Å². The van der Waals surface area contributed by atoms with Gasteiger partial charge in [-0.3, -0.25) is 0 Å². The fourth-order valence-electron chi connectivity index (χ4n) is 2.00. The van der Waals surface area contributed by atoms with Crippen molar-refractivity contribution < 1.29 is 25.2 Å². The highest BCUT2D eigenvalue weighted by molar-refractivity contribution is 7.99. The maximum Gasteiger partial charge on any atom is 0.136 e. The molecule has 1 aliphatic rings. The van der Waals surface area contributed by atoms with Crippen molar-refractivity contribution >= 4 is 17.4 Å². The number of aliphatic hydroxyl groups excluding tert-OH is 4. The Labute approximate surface area is 121 Å². The van der Waals surface area contributed by atoms with Crippen molar-refractivity contribution in [1.29, 1.82) is 0 Å². The summed E-state index contributed by atoms with van der Waals surface area (Å²) in [5.74, 6) is 0. The van der Waals surface area contributed by atoms with Crippen molar-refractivity contribution in [3.63, 3.8) is 0 Å². The molecule has 0 aliphatic carbocycles. The van der Waals surface area contributed by atoms with E-state index in [-0.39, 0.29) is 0 Å². The van der Waals surface area contributed by atoms with Crippen LogP contribution in [0.5, 0.6) is 0 Å². The average molecular weight is 301 g/mol. The molecule has 112 valence electrons. The van der Waals surface area contributed by atoms with E-state index >= 15 is 0 Å². The van der Waals surface area contributed by atoms with Crippen LogP contribution in [0.2, 0.25) is 0 Å². The van der Waals surface area contributed by atoms with Crippen LogP contribution in [0, 0.1) is 0 Å². The lowest BCUT2D eigenvalue weighted by atomic mass is 10.0. The predicted molar refractivity (Wildman–Crippen MR) is 75.6 cm³/mol. The predicted octanol–water partition coefficient (Wildman–Crippen LogP) is -0.380. The van der Waals surface area contributed by atoms with Gasteiger partial charge in [-0.1, -0.05) is 11.8 Å². The summed E-state index contributed by atoms with van der Waals surface area (Å²) in [4.78, 5) is 0.855. The first kappa shape index (κ1) is 15.6. The zero-order chi connectivity index (χ0) is 14.7. The second kappa shape index (κ2) is 6.75. The Kier molecular flexibility index (Phi) is 5.25. The van der Waals surface area contributed by atoms with Crippen LogP contribution in [0.25, 0.3) is 0 Å². The Morgan fingerprint density at radius 2 is 1.75 bits per heavy atom. The van der Waals surface area contributed by atoms with Crippen LogP contribution in [0.15, 0.2) is 29.2 Å². The number of anilines is 1. The van der Waals surface area contributed by atoms with Gasteiger partial charge in [-0.2, -0.15) is 0 Å². The van der Waals surface area contributed by atoms with Crippen molar-refractivity contribution in [1.82, 2.24) is 0 Å². The lowest BCUT2D eigenvalue weighted by molar-refractivity contribution is -0.205. The van der Waals surface area contributed by atoms with Crippen molar-refractivity contribution in [2.45, 2.75) is 34.7 Å². The average Bonchev–Trinajstić information content (AvgIpc) is 2.48. The van der Waals surface area contributed by atoms with Crippen LogP contribution in [0.3, 0.4) is 0 Å². The molecule has 1 fully saturated rings. The standard InChI is InChI=1S/C13H19NO5S/c1-14-7-2-4-8(5-3-7)20-13-12(18)11(17)10(16)9(6-15)19-13/h2-5,9-18H,6H2,1H3. The minimum Gasteiger partial charge on any atom is -0.394 e. The van der Waals surface area contributed by atoms with E-state index in [0.717, 1.165) is 10.6 Å². The molecule has 7 heteroatoms. The second-order valence-electron chi connectivity index (χ2n) is 4.59. The molecular formula is C13H19NO5S. The molecule has 0 radical (unpaired) electrons. The van der Waals surface area contributed by atoms with Gasteiger partial charge in [0.1, 0.15) is 29.9 Å². The first-order valence-electron chi connectivity index (χ1n) is 6.32. The molecule has 20 heavy (non-hydrogen) atoms. The molecular weight excluding hydrogens is 282 g/mol. The van der Waals surface area contributed by atoms with Gasteiger partial charge < -0.3 is 30.5 Å².